The van der Waals surface area contributed by atoms with Crippen molar-refractivity contribution in [1.82, 2.24) is 14.8 Å². The number of fused-ring (bicyclic) bond motifs is 1. The minimum absolute atomic E-state index is 0.0151. The minimum Gasteiger partial charge on any atom is -0.495 e. The van der Waals surface area contributed by atoms with Crippen LogP contribution in [0.2, 0.25) is 0 Å². The molecule has 1 aliphatic rings. The fourth-order valence-corrected chi connectivity index (χ4v) is 4.92. The molecule has 4 rings (SSSR count). The van der Waals surface area contributed by atoms with E-state index >= 15 is 0 Å². The van der Waals surface area contributed by atoms with Gasteiger partial charge >= 0.3 is 12.1 Å². The molecule has 1 fully saturated rings. The summed E-state index contributed by atoms with van der Waals surface area (Å²) in [6, 6.07) is 13.8. The summed E-state index contributed by atoms with van der Waals surface area (Å²) in [5.41, 5.74) is 7.02. The van der Waals surface area contributed by atoms with Gasteiger partial charge in [-0.3, -0.25) is 14.6 Å². The van der Waals surface area contributed by atoms with Crippen molar-refractivity contribution in [1.29, 1.82) is 0 Å². The number of pyridine rings is 1. The maximum Gasteiger partial charge on any atom is 0.409 e. The van der Waals surface area contributed by atoms with Crippen molar-refractivity contribution in [2.24, 2.45) is 5.73 Å². The zero-order chi connectivity index (χ0) is 29.5. The van der Waals surface area contributed by atoms with E-state index in [1.165, 1.54) is 12.0 Å². The first kappa shape index (κ1) is 29.1. The van der Waals surface area contributed by atoms with E-state index < -0.39 is 30.5 Å². The van der Waals surface area contributed by atoms with E-state index in [9.17, 15) is 19.2 Å². The van der Waals surface area contributed by atoms with Crippen LogP contribution in [0, 0.1) is 0 Å². The average Bonchev–Trinajstić information content (AvgIpc) is 2.98. The number of aliphatic carboxylic acids is 1. The van der Waals surface area contributed by atoms with Crippen LogP contribution in [0.3, 0.4) is 0 Å². The highest BCUT2D eigenvalue weighted by molar-refractivity contribution is 6.04. The number of hydrogen-bond donors (Lipinski definition) is 2. The third kappa shape index (κ3) is 6.48. The van der Waals surface area contributed by atoms with Gasteiger partial charge in [-0.05, 0) is 37.1 Å². The Hall–Kier alpha value is -4.87. The highest BCUT2D eigenvalue weighted by Gasteiger charge is 2.35. The number of carbonyl (C=O) groups is 4. The molecule has 3 amide bonds. The lowest BCUT2D eigenvalue weighted by Gasteiger charge is -2.36. The van der Waals surface area contributed by atoms with Crippen molar-refractivity contribution >= 4 is 34.8 Å². The third-order valence-electron chi connectivity index (χ3n) is 6.82. The maximum atomic E-state index is 14.2. The van der Waals surface area contributed by atoms with Crippen molar-refractivity contribution in [3.05, 3.63) is 65.4 Å². The minimum atomic E-state index is -1.15. The van der Waals surface area contributed by atoms with Gasteiger partial charge in [0.1, 0.15) is 17.1 Å². The van der Waals surface area contributed by atoms with Gasteiger partial charge < -0.3 is 34.9 Å². The first-order valence-corrected chi connectivity index (χ1v) is 13.1. The summed E-state index contributed by atoms with van der Waals surface area (Å²) in [5, 5.41) is 9.70. The number of aromatic nitrogens is 1. The van der Waals surface area contributed by atoms with Crippen LogP contribution in [0.1, 0.15) is 34.5 Å². The van der Waals surface area contributed by atoms with Crippen LogP contribution in [-0.4, -0.2) is 90.3 Å². The van der Waals surface area contributed by atoms with Crippen molar-refractivity contribution in [3.8, 4) is 11.5 Å². The molecule has 3 aromatic rings. The number of primary amides is 1. The lowest BCUT2D eigenvalue weighted by Crippen LogP contribution is -2.52. The van der Waals surface area contributed by atoms with Gasteiger partial charge in [0.15, 0.2) is 6.61 Å². The molecule has 1 unspecified atom stereocenters. The number of nitrogens with two attached hydrogens (primary N) is 1. The summed E-state index contributed by atoms with van der Waals surface area (Å²) >= 11 is 0. The van der Waals surface area contributed by atoms with Gasteiger partial charge in [-0.25, -0.2) is 9.59 Å². The molecule has 0 radical (unpaired) electrons. The number of carboxylic acid groups (broad SMARTS) is 1. The zero-order valence-corrected chi connectivity index (χ0v) is 22.9. The highest BCUT2D eigenvalue weighted by atomic mass is 16.6. The van der Waals surface area contributed by atoms with Gasteiger partial charge in [0.05, 0.1) is 30.8 Å². The monoisotopic (exact) mass is 564 g/mol. The standard InChI is InChI=1S/C29H32N4O8/c1-3-40-29(38)33-14-12-32(13-15-33)28(37)20(16-18-8-4-7-11-22(18)41-17-23(34)35)25-24(27(30)36)26(39-2)19-9-5-6-10-21(19)31-25/h4-11,20H,3,12-17H2,1-2H3,(H2,30,36)(H,34,35). The number of carbonyl (C=O) groups excluding carboxylic acids is 3. The molecule has 1 saturated heterocycles. The van der Waals surface area contributed by atoms with Crippen LogP contribution in [0.15, 0.2) is 48.5 Å². The maximum absolute atomic E-state index is 14.2. The van der Waals surface area contributed by atoms with Crippen molar-refractivity contribution < 1.29 is 38.5 Å². The number of benzene rings is 2. The van der Waals surface area contributed by atoms with Crippen LogP contribution >= 0.6 is 0 Å². The summed E-state index contributed by atoms with van der Waals surface area (Å²) in [6.07, 6.45) is -0.417. The molecule has 216 valence electrons. The number of methoxy groups -OCH3 is 1. The molecule has 1 aliphatic heterocycles. The molecule has 0 aliphatic carbocycles. The van der Waals surface area contributed by atoms with Gasteiger partial charge in [0.2, 0.25) is 5.91 Å². The fraction of sp³-hybridized carbons (Fsp3) is 0.345. The molecule has 0 spiro atoms. The largest absolute Gasteiger partial charge is 0.495 e. The Morgan fingerprint density at radius 2 is 1.66 bits per heavy atom. The second-order valence-electron chi connectivity index (χ2n) is 9.34. The Morgan fingerprint density at radius 3 is 2.32 bits per heavy atom. The van der Waals surface area contributed by atoms with Crippen LogP contribution in [0.4, 0.5) is 4.79 Å². The first-order valence-electron chi connectivity index (χ1n) is 13.1. The summed E-state index contributed by atoms with van der Waals surface area (Å²) < 4.78 is 16.2. The lowest BCUT2D eigenvalue weighted by atomic mass is 9.89. The molecule has 2 heterocycles. The first-order chi connectivity index (χ1) is 19.7. The number of nitrogens with zero attached hydrogens (tertiary/aromatic N) is 3. The highest BCUT2D eigenvalue weighted by Crippen LogP contribution is 2.37. The second kappa shape index (κ2) is 13.0. The molecule has 0 bridgehead atoms. The molecule has 3 N–H and O–H groups in total. The summed E-state index contributed by atoms with van der Waals surface area (Å²) in [7, 11) is 1.42. The summed E-state index contributed by atoms with van der Waals surface area (Å²) in [4.78, 5) is 58.3. The van der Waals surface area contributed by atoms with E-state index in [-0.39, 0.29) is 67.9 Å². The number of ether oxygens (including phenoxy) is 3. The zero-order valence-electron chi connectivity index (χ0n) is 22.9. The number of rotatable bonds is 10. The average molecular weight is 565 g/mol. The van der Waals surface area contributed by atoms with Crippen molar-refractivity contribution in [2.45, 2.75) is 19.3 Å². The van der Waals surface area contributed by atoms with Gasteiger partial charge in [0.25, 0.3) is 5.91 Å². The van der Waals surface area contributed by atoms with E-state index in [0.29, 0.717) is 16.5 Å². The second-order valence-corrected chi connectivity index (χ2v) is 9.34. The summed E-state index contributed by atoms with van der Waals surface area (Å²) in [6.45, 7) is 2.42. The fourth-order valence-electron chi connectivity index (χ4n) is 4.92. The molecule has 1 aromatic heterocycles. The van der Waals surface area contributed by atoms with E-state index in [0.717, 1.165) is 0 Å². The third-order valence-corrected chi connectivity index (χ3v) is 6.82. The Morgan fingerprint density at radius 1 is 1.00 bits per heavy atom. The SMILES string of the molecule is CCOC(=O)N1CCN(C(=O)C(Cc2ccccc2OCC(=O)O)c2nc3ccccc3c(OC)c2C(N)=O)CC1. The van der Waals surface area contributed by atoms with Crippen LogP contribution in [0.5, 0.6) is 11.5 Å². The van der Waals surface area contributed by atoms with Gasteiger partial charge in [-0.15, -0.1) is 0 Å². The van der Waals surface area contributed by atoms with E-state index in [1.807, 2.05) is 0 Å². The molecule has 12 nitrogen and oxygen atoms in total. The van der Waals surface area contributed by atoms with Gasteiger partial charge in [0, 0.05) is 31.6 Å². The number of piperazine rings is 1. The normalized spacial score (nSPS) is 13.9. The number of hydrogen-bond acceptors (Lipinski definition) is 8. The molecular formula is C29H32N4O8. The quantitative estimate of drug-likeness (QED) is 0.377. The van der Waals surface area contributed by atoms with Crippen LogP contribution in [-0.2, 0) is 20.7 Å². The Kier molecular flexibility index (Phi) is 9.23. The van der Waals surface area contributed by atoms with E-state index in [1.54, 1.807) is 60.4 Å². The predicted molar refractivity (Wildman–Crippen MR) is 148 cm³/mol. The molecule has 41 heavy (non-hydrogen) atoms. The van der Waals surface area contributed by atoms with E-state index in [4.69, 9.17) is 30.0 Å². The summed E-state index contributed by atoms with van der Waals surface area (Å²) in [5.74, 6) is -2.82. The van der Waals surface area contributed by atoms with Gasteiger partial charge in [-0.1, -0.05) is 30.3 Å². The topological polar surface area (TPSA) is 162 Å². The van der Waals surface area contributed by atoms with E-state index in [2.05, 4.69) is 0 Å². The molecule has 0 saturated carbocycles. The molecular weight excluding hydrogens is 532 g/mol. The Labute approximate surface area is 236 Å². The Balaban J connectivity index is 1.79. The van der Waals surface area contributed by atoms with Crippen LogP contribution in [0.25, 0.3) is 10.9 Å². The number of amides is 3. The smallest absolute Gasteiger partial charge is 0.409 e. The predicted octanol–water partition coefficient (Wildman–Crippen LogP) is 2.43. The van der Waals surface area contributed by atoms with Crippen LogP contribution < -0.4 is 15.2 Å². The Bertz CT molecular complexity index is 1450. The van der Waals surface area contributed by atoms with Crippen molar-refractivity contribution in [2.75, 3.05) is 46.5 Å². The van der Waals surface area contributed by atoms with Gasteiger partial charge in [-0.2, -0.15) is 0 Å². The number of carboxylic acids is 1. The molecule has 2 aromatic carbocycles. The molecule has 1 atom stereocenters. The lowest BCUT2D eigenvalue weighted by molar-refractivity contribution is -0.139. The number of para-hydroxylation sites is 2. The molecule has 12 heteroatoms. The van der Waals surface area contributed by atoms with Crippen molar-refractivity contribution in [3.63, 3.8) is 0 Å².